The van der Waals surface area contributed by atoms with Crippen LogP contribution in [0.25, 0.3) is 65.4 Å². The summed E-state index contributed by atoms with van der Waals surface area (Å²) in [5, 5.41) is 6.83. The van der Waals surface area contributed by atoms with Crippen LogP contribution in [0.1, 0.15) is 0 Å². The minimum Gasteiger partial charge on any atom is -0.254 e. The Bertz CT molecular complexity index is 1910. The molecule has 0 aliphatic rings. The van der Waals surface area contributed by atoms with Crippen LogP contribution in [0.15, 0.2) is 146 Å². The van der Waals surface area contributed by atoms with Gasteiger partial charge in [0, 0.05) is 69.5 Å². The number of hydrogen-bond acceptors (Lipinski definition) is 6. The Labute approximate surface area is 281 Å². The molecule has 6 nitrogen and oxygen atoms in total. The van der Waals surface area contributed by atoms with Gasteiger partial charge in [-0.05, 0) is 36.4 Å². The first-order valence-corrected chi connectivity index (χ1v) is 13.6. The van der Waals surface area contributed by atoms with Gasteiger partial charge >= 0.3 is 41.7 Å². The predicted molar refractivity (Wildman–Crippen MR) is 171 cm³/mol. The Morgan fingerprint density at radius 2 is 0.395 bits per heavy atom. The molecule has 0 bridgehead atoms. The van der Waals surface area contributed by atoms with Gasteiger partial charge in [0.15, 0.2) is 0 Å². The van der Waals surface area contributed by atoms with Crippen molar-refractivity contribution in [2.24, 2.45) is 0 Å². The zero-order chi connectivity index (χ0) is 28.1. The first-order valence-electron chi connectivity index (χ1n) is 13.6. The normalized spacial score (nSPS) is 10.6. The second-order valence-corrected chi connectivity index (χ2v) is 9.65. The van der Waals surface area contributed by atoms with Crippen molar-refractivity contribution in [3.8, 4) is 0 Å². The first kappa shape index (κ1) is 28.6. The Balaban J connectivity index is 0.000000113. The van der Waals surface area contributed by atoms with Crippen LogP contribution in [0.3, 0.4) is 0 Å². The van der Waals surface area contributed by atoms with E-state index in [1.54, 1.807) is 37.2 Å². The van der Waals surface area contributed by atoms with Crippen molar-refractivity contribution in [1.29, 1.82) is 0 Å². The fraction of sp³-hybridized carbons (Fsp3) is 0. The zero-order valence-electron chi connectivity index (χ0n) is 23.0. The van der Waals surface area contributed by atoms with Gasteiger partial charge in [-0.15, -0.1) is 0 Å². The molecule has 0 saturated heterocycles. The summed E-state index contributed by atoms with van der Waals surface area (Å²) in [5.74, 6) is 0. The van der Waals surface area contributed by atoms with Crippen LogP contribution in [0.4, 0.5) is 0 Å². The van der Waals surface area contributed by atoms with Gasteiger partial charge in [0.1, 0.15) is 0 Å². The Hall–Kier alpha value is -4.50. The molecule has 3 aromatic carbocycles. The summed E-state index contributed by atoms with van der Waals surface area (Å²) in [4.78, 5) is 26.1. The quantitative estimate of drug-likeness (QED) is 0.150. The largest absolute Gasteiger partial charge is 3.00 e. The van der Waals surface area contributed by atoms with Gasteiger partial charge in [-0.2, -0.15) is 0 Å². The molecule has 0 saturated carbocycles. The van der Waals surface area contributed by atoms with E-state index in [9.17, 15) is 0 Å². The zero-order valence-corrected chi connectivity index (χ0v) is 26.2. The molecular weight excluding hydrogens is 657 g/mol. The summed E-state index contributed by atoms with van der Waals surface area (Å²) in [6.45, 7) is 0. The van der Waals surface area contributed by atoms with Gasteiger partial charge in [-0.3, -0.25) is 29.9 Å². The fourth-order valence-electron chi connectivity index (χ4n) is 5.04. The third-order valence-corrected chi connectivity index (χ3v) is 7.03. The van der Waals surface area contributed by atoms with Crippen LogP contribution in [-0.2, 0) is 0 Å². The second kappa shape index (κ2) is 13.2. The molecule has 43 heavy (non-hydrogen) atoms. The smallest absolute Gasteiger partial charge is 0.254 e. The Morgan fingerprint density at radius 1 is 0.233 bits per heavy atom. The molecule has 9 rings (SSSR count). The minimum absolute atomic E-state index is 0. The molecule has 0 aliphatic heterocycles. The molecule has 6 aromatic heterocycles. The third kappa shape index (κ3) is 6.03. The molecule has 9 aromatic rings. The first-order chi connectivity index (χ1) is 20.8. The molecule has 0 N–H and O–H groups in total. The summed E-state index contributed by atoms with van der Waals surface area (Å²) in [6, 6.07) is 36.4. The number of nitrogens with zero attached hydrogens (tertiary/aromatic N) is 6. The van der Waals surface area contributed by atoms with Crippen molar-refractivity contribution in [3.05, 3.63) is 146 Å². The van der Waals surface area contributed by atoms with Crippen LogP contribution in [-0.4, -0.2) is 29.9 Å². The van der Waals surface area contributed by atoms with E-state index in [-0.39, 0.29) is 41.7 Å². The monoisotopic (exact) mass is 680 g/mol. The summed E-state index contributed by atoms with van der Waals surface area (Å²) >= 11 is 0. The average molecular weight is 681 g/mol. The number of fused-ring (bicyclic) bond motifs is 9. The Morgan fingerprint density at radius 3 is 0.558 bits per heavy atom. The van der Waals surface area contributed by atoms with Gasteiger partial charge in [-0.1, -0.05) is 72.8 Å². The van der Waals surface area contributed by atoms with Crippen molar-refractivity contribution >= 4 is 65.4 Å². The van der Waals surface area contributed by atoms with Gasteiger partial charge < -0.3 is 0 Å². The molecule has 0 spiro atoms. The van der Waals surface area contributed by atoms with Crippen molar-refractivity contribution in [2.75, 3.05) is 0 Å². The number of rotatable bonds is 0. The van der Waals surface area contributed by atoms with Crippen LogP contribution in [0.5, 0.6) is 0 Å². The summed E-state index contributed by atoms with van der Waals surface area (Å²) in [7, 11) is 0. The van der Waals surface area contributed by atoms with Gasteiger partial charge in [0.05, 0.1) is 33.1 Å². The van der Waals surface area contributed by atoms with Crippen LogP contribution in [0, 0.1) is 41.7 Å². The second-order valence-electron chi connectivity index (χ2n) is 9.65. The minimum atomic E-state index is 0. The maximum Gasteiger partial charge on any atom is 3.00 e. The van der Waals surface area contributed by atoms with E-state index in [0.717, 1.165) is 65.4 Å². The SMILES string of the molecule is [Ce+3].c1cnc2c(c1)ccc1cccnc12.c1cnc2c(c1)ccc1cccnc12.c1cnc2c(c1)ccc1cccnc12. The molecule has 0 unspecified atom stereocenters. The number of pyridine rings is 6. The van der Waals surface area contributed by atoms with Crippen LogP contribution in [0.2, 0.25) is 0 Å². The molecule has 1 radical (unpaired) electrons. The van der Waals surface area contributed by atoms with Crippen molar-refractivity contribution < 1.29 is 41.7 Å². The summed E-state index contributed by atoms with van der Waals surface area (Å²) in [6.07, 6.45) is 10.8. The molecule has 0 aliphatic carbocycles. The van der Waals surface area contributed by atoms with E-state index in [2.05, 4.69) is 103 Å². The third-order valence-electron chi connectivity index (χ3n) is 7.03. The van der Waals surface area contributed by atoms with Gasteiger partial charge in [-0.25, -0.2) is 0 Å². The predicted octanol–water partition coefficient (Wildman–Crippen LogP) is 8.35. The number of benzene rings is 3. The van der Waals surface area contributed by atoms with E-state index in [4.69, 9.17) is 0 Å². The van der Waals surface area contributed by atoms with Crippen molar-refractivity contribution in [1.82, 2.24) is 29.9 Å². The molecule has 0 fully saturated rings. The van der Waals surface area contributed by atoms with E-state index in [1.807, 2.05) is 36.4 Å². The van der Waals surface area contributed by atoms with E-state index in [1.165, 1.54) is 0 Å². The Kier molecular flexibility index (Phi) is 8.79. The van der Waals surface area contributed by atoms with Gasteiger partial charge in [0.2, 0.25) is 0 Å². The van der Waals surface area contributed by atoms with E-state index < -0.39 is 0 Å². The maximum atomic E-state index is 4.35. The van der Waals surface area contributed by atoms with E-state index in [0.29, 0.717) is 0 Å². The summed E-state index contributed by atoms with van der Waals surface area (Å²) < 4.78 is 0. The molecule has 199 valence electrons. The molecule has 7 heteroatoms. The molecule has 6 heterocycles. The van der Waals surface area contributed by atoms with Gasteiger partial charge in [0.25, 0.3) is 0 Å². The maximum absolute atomic E-state index is 4.35. The molecule has 0 atom stereocenters. The summed E-state index contributed by atoms with van der Waals surface area (Å²) in [5.41, 5.74) is 5.86. The van der Waals surface area contributed by atoms with E-state index >= 15 is 0 Å². The molecule has 0 amide bonds. The number of hydrogen-bond donors (Lipinski definition) is 0. The van der Waals surface area contributed by atoms with Crippen molar-refractivity contribution in [2.45, 2.75) is 0 Å². The average Bonchev–Trinajstić information content (AvgIpc) is 3.09. The fourth-order valence-corrected chi connectivity index (χ4v) is 5.04. The van der Waals surface area contributed by atoms with Crippen LogP contribution < -0.4 is 0 Å². The standard InChI is InChI=1S/3C12H8N2.Ce/c3*1-3-9-5-6-10-4-2-8-14-12(10)11(9)13-7-1;/h3*1-8H;/q;;;+3. The number of aromatic nitrogens is 6. The topological polar surface area (TPSA) is 77.3 Å². The van der Waals surface area contributed by atoms with Crippen LogP contribution >= 0.6 is 0 Å². The molecular formula is C36H24CeN6+3. The van der Waals surface area contributed by atoms with Crippen molar-refractivity contribution in [3.63, 3.8) is 0 Å².